The molecule has 0 radical (unpaired) electrons. The lowest BCUT2D eigenvalue weighted by atomic mass is 10.1. The van der Waals surface area contributed by atoms with Crippen LogP contribution in [-0.4, -0.2) is 26.1 Å². The molecule has 1 aromatic heterocycles. The second-order valence-corrected chi connectivity index (χ2v) is 5.00. The molecule has 1 heterocycles. The van der Waals surface area contributed by atoms with Crippen LogP contribution in [0.1, 0.15) is 26.3 Å². The Hall–Kier alpha value is -2.34. The Balaban J connectivity index is 2.10. The van der Waals surface area contributed by atoms with Crippen LogP contribution >= 0.6 is 11.3 Å². The van der Waals surface area contributed by atoms with Gasteiger partial charge in [-0.3, -0.25) is 4.79 Å². The van der Waals surface area contributed by atoms with Crippen LogP contribution in [-0.2, 0) is 11.3 Å². The molecule has 0 aliphatic heterocycles. The number of methoxy groups -OCH3 is 2. The van der Waals surface area contributed by atoms with Crippen molar-refractivity contribution >= 4 is 23.2 Å². The first-order valence-corrected chi connectivity index (χ1v) is 7.15. The Kier molecular flexibility index (Phi) is 4.94. The van der Waals surface area contributed by atoms with Gasteiger partial charge in [0.05, 0.1) is 14.2 Å². The predicted octanol–water partition coefficient (Wildman–Crippen LogP) is 2.47. The molecule has 0 atom stereocenters. The molecule has 2 rings (SSSR count). The van der Waals surface area contributed by atoms with E-state index in [1.54, 1.807) is 29.6 Å². The molecule has 1 aromatic carbocycles. The Morgan fingerprint density at radius 2 is 2.05 bits per heavy atom. The molecule has 1 N–H and O–H groups in total. The summed E-state index contributed by atoms with van der Waals surface area (Å²) in [6.45, 7) is 0.322. The summed E-state index contributed by atoms with van der Waals surface area (Å²) in [7, 11) is 2.80. The lowest BCUT2D eigenvalue weighted by molar-refractivity contribution is 0.0597. The van der Waals surface area contributed by atoms with Gasteiger partial charge in [-0.1, -0.05) is 6.07 Å². The number of hydrogen-bond acceptors (Lipinski definition) is 5. The fraction of sp³-hybridized carbons (Fsp3) is 0.200. The molecule has 0 spiro atoms. The van der Waals surface area contributed by atoms with Crippen molar-refractivity contribution in [3.8, 4) is 5.75 Å². The van der Waals surface area contributed by atoms with Gasteiger partial charge in [-0.15, -0.1) is 0 Å². The fourth-order valence-corrected chi connectivity index (χ4v) is 2.45. The van der Waals surface area contributed by atoms with Crippen LogP contribution < -0.4 is 10.1 Å². The minimum absolute atomic E-state index is 0.147. The van der Waals surface area contributed by atoms with E-state index in [9.17, 15) is 9.59 Å². The Morgan fingerprint density at radius 3 is 2.67 bits per heavy atom. The quantitative estimate of drug-likeness (QED) is 0.862. The van der Waals surface area contributed by atoms with E-state index in [0.29, 0.717) is 23.4 Å². The molecule has 21 heavy (non-hydrogen) atoms. The predicted molar refractivity (Wildman–Crippen MR) is 79.8 cm³/mol. The van der Waals surface area contributed by atoms with Gasteiger partial charge in [0.15, 0.2) is 0 Å². The Bertz CT molecular complexity index is 637. The molecule has 2 aromatic rings. The molecule has 0 unspecified atom stereocenters. The first-order chi connectivity index (χ1) is 10.2. The molecule has 0 aliphatic rings. The minimum atomic E-state index is -0.474. The molecule has 0 saturated heterocycles. The highest BCUT2D eigenvalue weighted by atomic mass is 32.1. The average Bonchev–Trinajstić information content (AvgIpc) is 3.06. The summed E-state index contributed by atoms with van der Waals surface area (Å²) in [6, 6.07) is 6.88. The van der Waals surface area contributed by atoms with Gasteiger partial charge in [-0.05, 0) is 29.1 Å². The number of amides is 1. The highest BCUT2D eigenvalue weighted by Gasteiger charge is 2.14. The summed E-state index contributed by atoms with van der Waals surface area (Å²) in [5.74, 6) is -0.181. The Morgan fingerprint density at radius 1 is 1.24 bits per heavy atom. The molecule has 0 bridgehead atoms. The Labute approximate surface area is 126 Å². The third kappa shape index (κ3) is 3.61. The first-order valence-electron chi connectivity index (χ1n) is 6.21. The van der Waals surface area contributed by atoms with E-state index in [1.807, 2.05) is 5.38 Å². The van der Waals surface area contributed by atoms with E-state index < -0.39 is 5.97 Å². The van der Waals surface area contributed by atoms with Crippen LogP contribution in [0.25, 0.3) is 0 Å². The average molecular weight is 305 g/mol. The normalized spacial score (nSPS) is 10.0. The summed E-state index contributed by atoms with van der Waals surface area (Å²) in [4.78, 5) is 23.5. The number of carbonyl (C=O) groups is 2. The highest BCUT2D eigenvalue weighted by Crippen LogP contribution is 2.20. The third-order valence-corrected chi connectivity index (χ3v) is 3.59. The van der Waals surface area contributed by atoms with E-state index in [1.165, 1.54) is 25.6 Å². The number of rotatable bonds is 5. The monoisotopic (exact) mass is 305 g/mol. The molecule has 0 saturated carbocycles. The summed E-state index contributed by atoms with van der Waals surface area (Å²) >= 11 is 1.47. The van der Waals surface area contributed by atoms with Crippen LogP contribution in [0, 0.1) is 0 Å². The third-order valence-electron chi connectivity index (χ3n) is 2.91. The summed E-state index contributed by atoms with van der Waals surface area (Å²) in [5.41, 5.74) is 1.75. The highest BCUT2D eigenvalue weighted by molar-refractivity contribution is 7.08. The zero-order valence-electron chi connectivity index (χ0n) is 11.7. The van der Waals surface area contributed by atoms with E-state index in [4.69, 9.17) is 9.47 Å². The number of nitrogens with one attached hydrogen (secondary N) is 1. The van der Waals surface area contributed by atoms with Gasteiger partial charge in [-0.2, -0.15) is 11.3 Å². The molecular formula is C15H15NO4S. The number of ether oxygens (including phenoxy) is 2. The largest absolute Gasteiger partial charge is 0.496 e. The van der Waals surface area contributed by atoms with Gasteiger partial charge in [0, 0.05) is 17.5 Å². The van der Waals surface area contributed by atoms with Gasteiger partial charge < -0.3 is 14.8 Å². The van der Waals surface area contributed by atoms with Gasteiger partial charge in [0.2, 0.25) is 0 Å². The van der Waals surface area contributed by atoms with Gasteiger partial charge in [0.25, 0.3) is 5.91 Å². The zero-order chi connectivity index (χ0) is 15.2. The SMILES string of the molecule is COC(=O)c1cc(CNC(=O)c2ccsc2)ccc1OC. The number of hydrogen-bond donors (Lipinski definition) is 1. The van der Waals surface area contributed by atoms with Crippen LogP contribution in [0.3, 0.4) is 0 Å². The maximum absolute atomic E-state index is 11.9. The zero-order valence-corrected chi connectivity index (χ0v) is 12.5. The molecule has 110 valence electrons. The van der Waals surface area contributed by atoms with Crippen molar-refractivity contribution in [3.63, 3.8) is 0 Å². The maximum atomic E-state index is 11.9. The lowest BCUT2D eigenvalue weighted by Gasteiger charge is -2.10. The summed E-state index contributed by atoms with van der Waals surface area (Å²) in [5, 5.41) is 6.42. The number of esters is 1. The van der Waals surface area contributed by atoms with Crippen molar-refractivity contribution in [3.05, 3.63) is 51.7 Å². The molecule has 5 nitrogen and oxygen atoms in total. The number of carbonyl (C=O) groups excluding carboxylic acids is 2. The van der Waals surface area contributed by atoms with Crippen LogP contribution in [0.15, 0.2) is 35.0 Å². The van der Waals surface area contributed by atoms with Crippen molar-refractivity contribution in [1.82, 2.24) is 5.32 Å². The molecule has 6 heteroatoms. The molecule has 0 fully saturated rings. The maximum Gasteiger partial charge on any atom is 0.341 e. The van der Waals surface area contributed by atoms with Gasteiger partial charge in [-0.25, -0.2) is 4.79 Å². The van der Waals surface area contributed by atoms with E-state index in [0.717, 1.165) is 5.56 Å². The van der Waals surface area contributed by atoms with Crippen molar-refractivity contribution < 1.29 is 19.1 Å². The summed E-state index contributed by atoms with van der Waals surface area (Å²) < 4.78 is 9.83. The minimum Gasteiger partial charge on any atom is -0.496 e. The van der Waals surface area contributed by atoms with E-state index in [2.05, 4.69) is 5.32 Å². The molecule has 1 amide bonds. The van der Waals surface area contributed by atoms with Crippen LogP contribution in [0.5, 0.6) is 5.75 Å². The first kappa shape index (κ1) is 15.1. The second kappa shape index (κ2) is 6.90. The standard InChI is InChI=1S/C15H15NO4S/c1-19-13-4-3-10(7-12(13)15(18)20-2)8-16-14(17)11-5-6-21-9-11/h3-7,9H,8H2,1-2H3,(H,16,17). The van der Waals surface area contributed by atoms with Crippen molar-refractivity contribution in [2.45, 2.75) is 6.54 Å². The van der Waals surface area contributed by atoms with Crippen LogP contribution in [0.2, 0.25) is 0 Å². The van der Waals surface area contributed by atoms with Crippen molar-refractivity contribution in [2.24, 2.45) is 0 Å². The number of benzene rings is 1. The van der Waals surface area contributed by atoms with Crippen molar-refractivity contribution in [2.75, 3.05) is 14.2 Å². The number of thiophene rings is 1. The van der Waals surface area contributed by atoms with Crippen LogP contribution in [0.4, 0.5) is 0 Å². The van der Waals surface area contributed by atoms with E-state index in [-0.39, 0.29) is 5.91 Å². The second-order valence-electron chi connectivity index (χ2n) is 4.22. The summed E-state index contributed by atoms with van der Waals surface area (Å²) in [6.07, 6.45) is 0. The molecule has 0 aliphatic carbocycles. The van der Waals surface area contributed by atoms with Gasteiger partial charge in [0.1, 0.15) is 11.3 Å². The molecular weight excluding hydrogens is 290 g/mol. The topological polar surface area (TPSA) is 64.6 Å². The lowest BCUT2D eigenvalue weighted by Crippen LogP contribution is -2.22. The van der Waals surface area contributed by atoms with Gasteiger partial charge >= 0.3 is 5.97 Å². The fourth-order valence-electron chi connectivity index (χ4n) is 1.81. The van der Waals surface area contributed by atoms with Crippen molar-refractivity contribution in [1.29, 1.82) is 0 Å². The smallest absolute Gasteiger partial charge is 0.341 e. The van der Waals surface area contributed by atoms with E-state index >= 15 is 0 Å².